The van der Waals surface area contributed by atoms with Crippen LogP contribution in [0, 0.1) is 0 Å². The van der Waals surface area contributed by atoms with E-state index in [-0.39, 0.29) is 23.1 Å². The molecule has 8 nitrogen and oxygen atoms in total. The minimum Gasteiger partial charge on any atom is -0.508 e. The summed E-state index contributed by atoms with van der Waals surface area (Å²) in [4.78, 5) is 14.6. The van der Waals surface area contributed by atoms with Crippen LogP contribution in [-0.4, -0.2) is 57.2 Å². The minimum absolute atomic E-state index is 0.0201. The number of phenolic OH excluding ortho intramolecular Hbond substituents is 2. The lowest BCUT2D eigenvalue weighted by Crippen LogP contribution is -2.22. The van der Waals surface area contributed by atoms with Crippen LogP contribution in [0.25, 0.3) is 11.4 Å². The van der Waals surface area contributed by atoms with Gasteiger partial charge in [-0.2, -0.15) is 5.10 Å². The SMILES string of the molecule is COCCN(C)Cc1ccc(Cn2c(-c3cc(C(C)C)c(O)cc3O)n[nH]c2=O)cc1. The van der Waals surface area contributed by atoms with Gasteiger partial charge in [0.1, 0.15) is 11.5 Å². The van der Waals surface area contributed by atoms with Crippen molar-refractivity contribution in [2.24, 2.45) is 0 Å². The lowest BCUT2D eigenvalue weighted by atomic mass is 9.98. The summed E-state index contributed by atoms with van der Waals surface area (Å²) in [7, 11) is 3.73. The normalized spacial score (nSPS) is 11.5. The number of nitrogens with one attached hydrogen (secondary N) is 1. The second-order valence-electron chi connectivity index (χ2n) is 8.07. The highest BCUT2D eigenvalue weighted by molar-refractivity contribution is 5.67. The van der Waals surface area contributed by atoms with Crippen molar-refractivity contribution >= 4 is 0 Å². The number of hydrogen-bond donors (Lipinski definition) is 3. The van der Waals surface area contributed by atoms with E-state index in [1.807, 2.05) is 45.2 Å². The van der Waals surface area contributed by atoms with Crippen molar-refractivity contribution in [2.45, 2.75) is 32.9 Å². The Morgan fingerprint density at radius 1 is 1.13 bits per heavy atom. The molecular weight excluding hydrogens is 396 g/mol. The molecule has 0 saturated heterocycles. The van der Waals surface area contributed by atoms with E-state index in [1.54, 1.807) is 13.2 Å². The second kappa shape index (κ2) is 9.80. The number of methoxy groups -OCH3 is 1. The van der Waals surface area contributed by atoms with E-state index in [4.69, 9.17) is 4.74 Å². The van der Waals surface area contributed by atoms with E-state index >= 15 is 0 Å². The number of nitrogens with zero attached hydrogens (tertiary/aromatic N) is 3. The van der Waals surface area contributed by atoms with Gasteiger partial charge >= 0.3 is 5.69 Å². The largest absolute Gasteiger partial charge is 0.508 e. The molecule has 2 aromatic carbocycles. The first-order chi connectivity index (χ1) is 14.8. The molecule has 0 bridgehead atoms. The number of likely N-dealkylation sites (N-methyl/N-ethyl adjacent to an activating group) is 1. The first-order valence-electron chi connectivity index (χ1n) is 10.3. The van der Waals surface area contributed by atoms with Crippen molar-refractivity contribution in [3.8, 4) is 22.9 Å². The fourth-order valence-electron chi connectivity index (χ4n) is 3.48. The molecule has 1 aromatic heterocycles. The molecule has 0 amide bonds. The van der Waals surface area contributed by atoms with Gasteiger partial charge in [0.05, 0.1) is 18.7 Å². The van der Waals surface area contributed by atoms with Crippen molar-refractivity contribution in [1.82, 2.24) is 19.7 Å². The lowest BCUT2D eigenvalue weighted by molar-refractivity contribution is 0.158. The topological polar surface area (TPSA) is 104 Å². The second-order valence-corrected chi connectivity index (χ2v) is 8.07. The van der Waals surface area contributed by atoms with Crippen LogP contribution in [0.15, 0.2) is 41.2 Å². The first kappa shape index (κ1) is 22.6. The summed E-state index contributed by atoms with van der Waals surface area (Å²) in [6, 6.07) is 11.0. The third-order valence-electron chi connectivity index (χ3n) is 5.26. The number of hydrogen-bond acceptors (Lipinski definition) is 6. The van der Waals surface area contributed by atoms with Crippen LogP contribution in [0.1, 0.15) is 36.5 Å². The molecule has 31 heavy (non-hydrogen) atoms. The fourth-order valence-corrected chi connectivity index (χ4v) is 3.48. The third kappa shape index (κ3) is 5.34. The Labute approximate surface area is 181 Å². The number of aromatic nitrogens is 3. The molecule has 3 aromatic rings. The highest BCUT2D eigenvalue weighted by Crippen LogP contribution is 2.36. The lowest BCUT2D eigenvalue weighted by Gasteiger charge is -2.16. The van der Waals surface area contributed by atoms with E-state index in [0.717, 1.165) is 18.7 Å². The van der Waals surface area contributed by atoms with Crippen LogP contribution < -0.4 is 5.69 Å². The average Bonchev–Trinajstić information content (AvgIpc) is 3.08. The summed E-state index contributed by atoms with van der Waals surface area (Å²) in [6.45, 7) is 6.54. The zero-order valence-corrected chi connectivity index (χ0v) is 18.4. The number of benzene rings is 2. The minimum atomic E-state index is -0.364. The summed E-state index contributed by atoms with van der Waals surface area (Å²) in [6.07, 6.45) is 0. The van der Waals surface area contributed by atoms with E-state index in [0.29, 0.717) is 30.1 Å². The standard InChI is InChI=1S/C23H30N4O4/c1-15(2)18-11-19(21(29)12-20(18)28)22-24-25-23(30)27(22)14-17-7-5-16(6-8-17)13-26(3)9-10-31-4/h5-8,11-12,15,28-29H,9-10,13-14H2,1-4H3,(H,25,30). The Hall–Kier alpha value is -3.10. The van der Waals surface area contributed by atoms with E-state index in [9.17, 15) is 15.0 Å². The number of rotatable bonds is 9. The Morgan fingerprint density at radius 2 is 1.81 bits per heavy atom. The molecule has 0 radical (unpaired) electrons. The molecule has 8 heteroatoms. The molecule has 0 aliphatic heterocycles. The Morgan fingerprint density at radius 3 is 2.45 bits per heavy atom. The maximum Gasteiger partial charge on any atom is 0.343 e. The van der Waals surface area contributed by atoms with Crippen molar-refractivity contribution in [3.05, 3.63) is 63.6 Å². The predicted octanol–water partition coefficient (Wildman–Crippen LogP) is 2.90. The summed E-state index contributed by atoms with van der Waals surface area (Å²) >= 11 is 0. The van der Waals surface area contributed by atoms with Crippen molar-refractivity contribution < 1.29 is 14.9 Å². The van der Waals surface area contributed by atoms with Crippen molar-refractivity contribution in [1.29, 1.82) is 0 Å². The summed E-state index contributed by atoms with van der Waals surface area (Å²) in [5, 5.41) is 27.1. The quantitative estimate of drug-likeness (QED) is 0.486. The maximum absolute atomic E-state index is 12.4. The Balaban J connectivity index is 1.84. The van der Waals surface area contributed by atoms with Gasteiger partial charge < -0.3 is 14.9 Å². The van der Waals surface area contributed by atoms with Gasteiger partial charge in [-0.1, -0.05) is 38.1 Å². The first-order valence-corrected chi connectivity index (χ1v) is 10.3. The smallest absolute Gasteiger partial charge is 0.343 e. The van der Waals surface area contributed by atoms with Crippen molar-refractivity contribution in [2.75, 3.05) is 27.3 Å². The van der Waals surface area contributed by atoms with Crippen molar-refractivity contribution in [3.63, 3.8) is 0 Å². The highest BCUT2D eigenvalue weighted by atomic mass is 16.5. The van der Waals surface area contributed by atoms with Gasteiger partial charge in [-0.15, -0.1) is 0 Å². The van der Waals surface area contributed by atoms with Crippen LogP contribution in [-0.2, 0) is 17.8 Å². The Bertz CT molecular complexity index is 1070. The maximum atomic E-state index is 12.4. The number of aromatic hydroxyl groups is 2. The van der Waals surface area contributed by atoms with Gasteiger partial charge in [-0.05, 0) is 35.7 Å². The molecule has 0 atom stereocenters. The fraction of sp³-hybridized carbons (Fsp3) is 0.391. The molecule has 166 valence electrons. The van der Waals surface area contributed by atoms with Crippen LogP contribution in [0.2, 0.25) is 0 Å². The third-order valence-corrected chi connectivity index (χ3v) is 5.26. The molecule has 3 rings (SSSR count). The van der Waals surface area contributed by atoms with Crippen LogP contribution >= 0.6 is 0 Å². The van der Waals surface area contributed by atoms with E-state index in [2.05, 4.69) is 15.1 Å². The molecule has 0 fully saturated rings. The summed E-state index contributed by atoms with van der Waals surface area (Å²) in [5.41, 5.74) is 2.82. The van der Waals surface area contributed by atoms with Gasteiger partial charge in [-0.25, -0.2) is 9.89 Å². The zero-order valence-electron chi connectivity index (χ0n) is 18.4. The molecule has 0 unspecified atom stereocenters. The van der Waals surface area contributed by atoms with E-state index < -0.39 is 0 Å². The van der Waals surface area contributed by atoms with Gasteiger partial charge in [0.15, 0.2) is 5.82 Å². The summed E-state index contributed by atoms with van der Waals surface area (Å²) < 4.78 is 6.59. The molecule has 1 heterocycles. The molecule has 0 aliphatic rings. The number of phenols is 2. The van der Waals surface area contributed by atoms with Crippen LogP contribution in [0.3, 0.4) is 0 Å². The Kier molecular flexibility index (Phi) is 7.14. The molecule has 0 saturated carbocycles. The predicted molar refractivity (Wildman–Crippen MR) is 119 cm³/mol. The van der Waals surface area contributed by atoms with Gasteiger partial charge in [0.2, 0.25) is 0 Å². The monoisotopic (exact) mass is 426 g/mol. The number of aromatic amines is 1. The summed E-state index contributed by atoms with van der Waals surface area (Å²) in [5.74, 6) is 0.268. The molecule has 0 aliphatic carbocycles. The zero-order chi connectivity index (χ0) is 22.5. The van der Waals surface area contributed by atoms with Crippen LogP contribution in [0.4, 0.5) is 0 Å². The van der Waals surface area contributed by atoms with Gasteiger partial charge in [0.25, 0.3) is 0 Å². The average molecular weight is 427 g/mol. The van der Waals surface area contributed by atoms with E-state index in [1.165, 1.54) is 16.2 Å². The van der Waals surface area contributed by atoms with Gasteiger partial charge in [-0.3, -0.25) is 9.47 Å². The van der Waals surface area contributed by atoms with Gasteiger partial charge in [0, 0.05) is 26.3 Å². The highest BCUT2D eigenvalue weighted by Gasteiger charge is 2.18. The number of H-pyrrole nitrogens is 1. The van der Waals surface area contributed by atoms with Crippen LogP contribution in [0.5, 0.6) is 11.5 Å². The number of ether oxygens (including phenoxy) is 1. The molecule has 0 spiro atoms. The molecular formula is C23H30N4O4. The molecule has 3 N–H and O–H groups in total.